The fraction of sp³-hybridized carbons (Fsp3) is 0.316. The second-order valence-corrected chi connectivity index (χ2v) is 5.38. The molecule has 0 saturated carbocycles. The zero-order chi connectivity index (χ0) is 17.4. The van der Waals surface area contributed by atoms with Crippen molar-refractivity contribution in [1.29, 1.82) is 0 Å². The number of hydrogen-bond donors (Lipinski definition) is 1. The highest BCUT2D eigenvalue weighted by Crippen LogP contribution is 2.29. The van der Waals surface area contributed by atoms with Gasteiger partial charge in [0.1, 0.15) is 17.2 Å². The number of anilines is 1. The Morgan fingerprint density at radius 1 is 1.00 bits per heavy atom. The van der Waals surface area contributed by atoms with E-state index >= 15 is 0 Å². The van der Waals surface area contributed by atoms with Crippen LogP contribution in [0, 0.1) is 6.92 Å². The molecule has 0 spiro atoms. The number of hydrogen-bond acceptors (Lipinski definition) is 4. The number of carbonyl (C=O) groups excluding carboxylic acids is 1. The summed E-state index contributed by atoms with van der Waals surface area (Å²) >= 11 is 0. The Morgan fingerprint density at radius 3 is 2.38 bits per heavy atom. The van der Waals surface area contributed by atoms with E-state index in [2.05, 4.69) is 5.32 Å². The number of nitrogens with one attached hydrogen (secondary N) is 1. The standard InChI is InChI=1S/C19H23NO4/c1-14-6-8-15(9-7-14)24-12-4-5-19(21)20-17-11-10-16(22-2)13-18(17)23-3/h6-11,13H,4-5,12H2,1-3H3,(H,20,21). The molecule has 0 aromatic heterocycles. The Kier molecular flexibility index (Phi) is 6.49. The first-order valence-corrected chi connectivity index (χ1v) is 7.83. The van der Waals surface area contributed by atoms with Gasteiger partial charge in [-0.2, -0.15) is 0 Å². The highest BCUT2D eigenvalue weighted by atomic mass is 16.5. The number of amides is 1. The van der Waals surface area contributed by atoms with Crippen molar-refractivity contribution < 1.29 is 19.0 Å². The molecule has 0 saturated heterocycles. The van der Waals surface area contributed by atoms with Crippen LogP contribution >= 0.6 is 0 Å². The fourth-order valence-electron chi connectivity index (χ4n) is 2.17. The number of aryl methyl sites for hydroxylation is 1. The minimum Gasteiger partial charge on any atom is -0.497 e. The molecule has 128 valence electrons. The van der Waals surface area contributed by atoms with Gasteiger partial charge < -0.3 is 19.5 Å². The minimum absolute atomic E-state index is 0.0778. The molecule has 2 rings (SSSR count). The fourth-order valence-corrected chi connectivity index (χ4v) is 2.17. The lowest BCUT2D eigenvalue weighted by Crippen LogP contribution is -2.13. The average molecular weight is 329 g/mol. The number of rotatable bonds is 8. The molecule has 1 N–H and O–H groups in total. The summed E-state index contributed by atoms with van der Waals surface area (Å²) in [5.74, 6) is 1.98. The molecule has 24 heavy (non-hydrogen) atoms. The van der Waals surface area contributed by atoms with Gasteiger partial charge in [0.25, 0.3) is 0 Å². The lowest BCUT2D eigenvalue weighted by molar-refractivity contribution is -0.116. The van der Waals surface area contributed by atoms with Gasteiger partial charge in [0.15, 0.2) is 0 Å². The number of methoxy groups -OCH3 is 2. The summed E-state index contributed by atoms with van der Waals surface area (Å²) in [4.78, 5) is 12.0. The first kappa shape index (κ1) is 17.7. The smallest absolute Gasteiger partial charge is 0.224 e. The van der Waals surface area contributed by atoms with Crippen molar-refractivity contribution in [3.8, 4) is 17.2 Å². The third kappa shape index (κ3) is 5.19. The van der Waals surface area contributed by atoms with Gasteiger partial charge in [-0.1, -0.05) is 17.7 Å². The summed E-state index contributed by atoms with van der Waals surface area (Å²) in [7, 11) is 3.14. The maximum Gasteiger partial charge on any atom is 0.224 e. The molecule has 0 fully saturated rings. The Bertz CT molecular complexity index is 668. The van der Waals surface area contributed by atoms with Crippen molar-refractivity contribution in [1.82, 2.24) is 0 Å². The van der Waals surface area contributed by atoms with Crippen LogP contribution < -0.4 is 19.5 Å². The molecular formula is C19H23NO4. The van der Waals surface area contributed by atoms with Crippen LogP contribution in [-0.4, -0.2) is 26.7 Å². The number of carbonyl (C=O) groups is 1. The largest absolute Gasteiger partial charge is 0.497 e. The molecule has 0 unspecified atom stereocenters. The van der Waals surface area contributed by atoms with E-state index in [0.717, 1.165) is 5.75 Å². The van der Waals surface area contributed by atoms with Gasteiger partial charge >= 0.3 is 0 Å². The molecule has 0 bridgehead atoms. The van der Waals surface area contributed by atoms with E-state index in [0.29, 0.717) is 36.6 Å². The first-order valence-electron chi connectivity index (χ1n) is 7.83. The molecule has 0 radical (unpaired) electrons. The minimum atomic E-state index is -0.0778. The van der Waals surface area contributed by atoms with Gasteiger partial charge in [0.2, 0.25) is 5.91 Å². The van der Waals surface area contributed by atoms with Crippen LogP contribution in [0.4, 0.5) is 5.69 Å². The van der Waals surface area contributed by atoms with Crippen LogP contribution in [0.2, 0.25) is 0 Å². The Labute approximate surface area is 142 Å². The van der Waals surface area contributed by atoms with Gasteiger partial charge in [-0.15, -0.1) is 0 Å². The Hall–Kier alpha value is -2.69. The van der Waals surface area contributed by atoms with E-state index in [9.17, 15) is 4.79 Å². The third-order valence-corrected chi connectivity index (χ3v) is 3.52. The lowest BCUT2D eigenvalue weighted by atomic mass is 10.2. The van der Waals surface area contributed by atoms with Crippen molar-refractivity contribution in [2.45, 2.75) is 19.8 Å². The summed E-state index contributed by atoms with van der Waals surface area (Å²) in [5.41, 5.74) is 1.82. The summed E-state index contributed by atoms with van der Waals surface area (Å²) in [6.07, 6.45) is 1.01. The zero-order valence-electron chi connectivity index (χ0n) is 14.3. The molecule has 5 heteroatoms. The van der Waals surface area contributed by atoms with Gasteiger partial charge in [-0.3, -0.25) is 4.79 Å². The van der Waals surface area contributed by atoms with Gasteiger partial charge in [-0.05, 0) is 37.6 Å². The van der Waals surface area contributed by atoms with E-state index < -0.39 is 0 Å². The summed E-state index contributed by atoms with van der Waals surface area (Å²) in [6, 6.07) is 13.1. The van der Waals surface area contributed by atoms with E-state index in [-0.39, 0.29) is 5.91 Å². The van der Waals surface area contributed by atoms with Gasteiger partial charge in [0.05, 0.1) is 26.5 Å². The summed E-state index contributed by atoms with van der Waals surface area (Å²) in [6.45, 7) is 2.53. The second kappa shape index (κ2) is 8.82. The predicted octanol–water partition coefficient (Wildman–Crippen LogP) is 3.81. The van der Waals surface area contributed by atoms with Crippen molar-refractivity contribution in [3.63, 3.8) is 0 Å². The maximum atomic E-state index is 12.0. The van der Waals surface area contributed by atoms with Crippen LogP contribution in [0.25, 0.3) is 0 Å². The number of ether oxygens (including phenoxy) is 3. The van der Waals surface area contributed by atoms with Crippen molar-refractivity contribution >= 4 is 11.6 Å². The van der Waals surface area contributed by atoms with Crippen LogP contribution in [0.15, 0.2) is 42.5 Å². The second-order valence-electron chi connectivity index (χ2n) is 5.38. The molecule has 5 nitrogen and oxygen atoms in total. The van der Waals surface area contributed by atoms with Gasteiger partial charge in [0, 0.05) is 12.5 Å². The molecule has 0 aliphatic rings. The van der Waals surface area contributed by atoms with Crippen LogP contribution in [-0.2, 0) is 4.79 Å². The molecule has 0 aliphatic heterocycles. The molecule has 0 aliphatic carbocycles. The lowest BCUT2D eigenvalue weighted by Gasteiger charge is -2.12. The topological polar surface area (TPSA) is 56.8 Å². The van der Waals surface area contributed by atoms with E-state index in [1.165, 1.54) is 5.56 Å². The summed E-state index contributed by atoms with van der Waals surface area (Å²) in [5, 5.41) is 2.84. The van der Waals surface area contributed by atoms with Crippen molar-refractivity contribution in [2.24, 2.45) is 0 Å². The Balaban J connectivity index is 1.78. The molecule has 1 amide bonds. The highest BCUT2D eigenvalue weighted by Gasteiger charge is 2.09. The molecule has 0 heterocycles. The predicted molar refractivity (Wildman–Crippen MR) is 94.1 cm³/mol. The highest BCUT2D eigenvalue weighted by molar-refractivity contribution is 5.92. The average Bonchev–Trinajstić information content (AvgIpc) is 2.60. The van der Waals surface area contributed by atoms with Crippen LogP contribution in [0.1, 0.15) is 18.4 Å². The zero-order valence-corrected chi connectivity index (χ0v) is 14.3. The third-order valence-electron chi connectivity index (χ3n) is 3.52. The van der Waals surface area contributed by atoms with E-state index in [1.54, 1.807) is 32.4 Å². The van der Waals surface area contributed by atoms with E-state index in [4.69, 9.17) is 14.2 Å². The summed E-state index contributed by atoms with van der Waals surface area (Å²) < 4.78 is 16.0. The molecule has 2 aromatic rings. The number of benzene rings is 2. The normalized spacial score (nSPS) is 10.1. The molecule has 0 atom stereocenters. The quantitative estimate of drug-likeness (QED) is 0.748. The monoisotopic (exact) mass is 329 g/mol. The first-order chi connectivity index (χ1) is 11.6. The van der Waals surface area contributed by atoms with Crippen molar-refractivity contribution in [2.75, 3.05) is 26.1 Å². The van der Waals surface area contributed by atoms with Crippen molar-refractivity contribution in [3.05, 3.63) is 48.0 Å². The van der Waals surface area contributed by atoms with Crippen LogP contribution in [0.5, 0.6) is 17.2 Å². The molecular weight excluding hydrogens is 306 g/mol. The SMILES string of the molecule is COc1ccc(NC(=O)CCCOc2ccc(C)cc2)c(OC)c1. The van der Waals surface area contributed by atoms with Gasteiger partial charge in [-0.25, -0.2) is 0 Å². The Morgan fingerprint density at radius 2 is 1.71 bits per heavy atom. The molecule has 2 aromatic carbocycles. The maximum absolute atomic E-state index is 12.0. The van der Waals surface area contributed by atoms with E-state index in [1.807, 2.05) is 31.2 Å². The van der Waals surface area contributed by atoms with Crippen LogP contribution in [0.3, 0.4) is 0 Å².